The molecule has 1 aliphatic rings. The monoisotopic (exact) mass is 614 g/mol. The van der Waals surface area contributed by atoms with Gasteiger partial charge in [0.25, 0.3) is 0 Å². The fourth-order valence-corrected chi connectivity index (χ4v) is 7.41. The molecule has 2 N–H and O–H groups in total. The van der Waals surface area contributed by atoms with Crippen LogP contribution in [0.3, 0.4) is 0 Å². The lowest BCUT2D eigenvalue weighted by atomic mass is 10.0. The van der Waals surface area contributed by atoms with Crippen molar-refractivity contribution in [2.24, 2.45) is 0 Å². The van der Waals surface area contributed by atoms with E-state index in [1.54, 1.807) is 17.0 Å². The van der Waals surface area contributed by atoms with E-state index in [0.717, 1.165) is 35.3 Å². The largest absolute Gasteiger partial charge is 0.477 e. The third kappa shape index (κ3) is 7.17. The minimum atomic E-state index is -4.00. The summed E-state index contributed by atoms with van der Waals surface area (Å²) in [4.78, 5) is 31.9. The molecule has 10 nitrogen and oxygen atoms in total. The number of piperazine rings is 1. The summed E-state index contributed by atoms with van der Waals surface area (Å²) >= 11 is 0.989. The highest BCUT2D eigenvalue weighted by Crippen LogP contribution is 2.31. The molecule has 42 heavy (non-hydrogen) atoms. The Kier molecular flexibility index (Phi) is 10.4. The minimum absolute atomic E-state index is 0.0181. The van der Waals surface area contributed by atoms with Crippen molar-refractivity contribution in [3.05, 3.63) is 75.8 Å². The molecule has 1 atom stereocenters. The van der Waals surface area contributed by atoms with E-state index in [4.69, 9.17) is 4.74 Å². The van der Waals surface area contributed by atoms with Gasteiger partial charge in [-0.15, -0.1) is 0 Å². The zero-order valence-electron chi connectivity index (χ0n) is 24.4. The van der Waals surface area contributed by atoms with E-state index in [9.17, 15) is 23.1 Å². The molecule has 0 saturated carbocycles. The van der Waals surface area contributed by atoms with Crippen LogP contribution in [-0.4, -0.2) is 67.5 Å². The molecule has 0 bridgehead atoms. The molecule has 226 valence electrons. The number of aromatic nitrogens is 1. The van der Waals surface area contributed by atoms with Gasteiger partial charge in [-0.1, -0.05) is 74.9 Å². The van der Waals surface area contributed by atoms with Crippen molar-refractivity contribution in [1.82, 2.24) is 14.6 Å². The van der Waals surface area contributed by atoms with Crippen molar-refractivity contribution in [2.75, 3.05) is 31.6 Å². The van der Waals surface area contributed by atoms with Crippen LogP contribution >= 0.6 is 11.3 Å². The molecule has 1 aliphatic heterocycles. The molecule has 0 aliphatic carbocycles. The summed E-state index contributed by atoms with van der Waals surface area (Å²) in [6.45, 7) is 6.84. The summed E-state index contributed by atoms with van der Waals surface area (Å²) < 4.78 is 34.1. The fraction of sp³-hybridized carbons (Fsp3) is 0.433. The third-order valence-electron chi connectivity index (χ3n) is 7.25. The Labute approximate surface area is 251 Å². The highest BCUT2D eigenvalue weighted by Gasteiger charge is 2.41. The molecular weight excluding hydrogens is 576 g/mol. The predicted octanol–water partition coefficient (Wildman–Crippen LogP) is 4.26. The molecule has 12 heteroatoms. The number of aryl methyl sites for hydroxylation is 1. The third-order valence-corrected chi connectivity index (χ3v) is 10.3. The van der Waals surface area contributed by atoms with Crippen molar-refractivity contribution < 1.29 is 27.9 Å². The average molecular weight is 615 g/mol. The number of rotatable bonds is 12. The van der Waals surface area contributed by atoms with Crippen molar-refractivity contribution in [3.63, 3.8) is 0 Å². The maximum absolute atomic E-state index is 13.8. The van der Waals surface area contributed by atoms with Crippen molar-refractivity contribution in [1.29, 1.82) is 0 Å². The number of benzene rings is 2. The molecule has 3 aromatic rings. The van der Waals surface area contributed by atoms with Gasteiger partial charge in [-0.05, 0) is 41.2 Å². The molecule has 1 fully saturated rings. The first-order valence-electron chi connectivity index (χ1n) is 14.0. The van der Waals surface area contributed by atoms with Crippen LogP contribution in [0.15, 0.2) is 53.4 Å². The summed E-state index contributed by atoms with van der Waals surface area (Å²) in [6, 6.07) is 13.7. The van der Waals surface area contributed by atoms with Crippen LogP contribution in [-0.2, 0) is 39.1 Å². The van der Waals surface area contributed by atoms with Gasteiger partial charge in [-0.25, -0.2) is 18.2 Å². The Morgan fingerprint density at radius 1 is 1.10 bits per heavy atom. The van der Waals surface area contributed by atoms with Crippen LogP contribution in [0.25, 0.3) is 0 Å². The van der Waals surface area contributed by atoms with Crippen LogP contribution in [0.2, 0.25) is 0 Å². The van der Waals surface area contributed by atoms with Gasteiger partial charge in [0.15, 0.2) is 5.13 Å². The molecule has 2 heterocycles. The van der Waals surface area contributed by atoms with Crippen LogP contribution < -0.4 is 10.2 Å². The Hall–Kier alpha value is -3.32. The van der Waals surface area contributed by atoms with Gasteiger partial charge in [0.05, 0.1) is 17.2 Å². The van der Waals surface area contributed by atoms with Gasteiger partial charge >= 0.3 is 5.97 Å². The number of carboxylic acid groups (broad SMARTS) is 1. The number of nitrogens with zero attached hydrogens (tertiary/aromatic N) is 3. The molecule has 1 amide bonds. The molecule has 2 aromatic carbocycles. The maximum atomic E-state index is 13.8. The predicted molar refractivity (Wildman–Crippen MR) is 162 cm³/mol. The van der Waals surface area contributed by atoms with E-state index in [0.29, 0.717) is 11.0 Å². The summed E-state index contributed by atoms with van der Waals surface area (Å²) in [6.07, 6.45) is 1.79. The zero-order valence-corrected chi connectivity index (χ0v) is 26.0. The second kappa shape index (κ2) is 13.8. The Balaban J connectivity index is 1.61. The topological polar surface area (TPSA) is 129 Å². The Bertz CT molecular complexity index is 1490. The van der Waals surface area contributed by atoms with E-state index >= 15 is 0 Å². The average Bonchev–Trinajstić information content (AvgIpc) is 3.41. The number of hydrogen-bond donors (Lipinski definition) is 2. The van der Waals surface area contributed by atoms with Crippen molar-refractivity contribution in [3.8, 4) is 0 Å². The lowest BCUT2D eigenvalue weighted by molar-refractivity contribution is -0.125. The van der Waals surface area contributed by atoms with E-state index in [1.807, 2.05) is 36.4 Å². The number of carbonyl (C=O) groups excluding carboxylic acids is 1. The number of carboxylic acids is 1. The fourth-order valence-electron chi connectivity index (χ4n) is 4.90. The van der Waals surface area contributed by atoms with E-state index in [-0.39, 0.29) is 48.3 Å². The minimum Gasteiger partial charge on any atom is -0.477 e. The first-order valence-corrected chi connectivity index (χ1v) is 16.2. The van der Waals surface area contributed by atoms with Crippen LogP contribution in [0.1, 0.15) is 65.2 Å². The number of carbonyl (C=O) groups is 2. The SMILES string of the molecule is CCCc1ccc(S(=O)(=O)N2CCN(c3nc(COC)c(C(=O)O)s3)CC2C(=O)NCc2ccc(C(C)C)cc2)cc1. The lowest BCUT2D eigenvalue weighted by Crippen LogP contribution is -2.60. The number of amides is 1. The van der Waals surface area contributed by atoms with Crippen molar-refractivity contribution in [2.45, 2.75) is 63.6 Å². The quantitative estimate of drug-likeness (QED) is 0.310. The number of methoxy groups -OCH3 is 1. The summed E-state index contributed by atoms with van der Waals surface area (Å²) in [5, 5.41) is 13.0. The molecule has 1 unspecified atom stereocenters. The van der Waals surface area contributed by atoms with Gasteiger partial charge in [0, 0.05) is 33.3 Å². The summed E-state index contributed by atoms with van der Waals surface area (Å²) in [7, 11) is -2.54. The van der Waals surface area contributed by atoms with Crippen LogP contribution in [0.4, 0.5) is 5.13 Å². The zero-order chi connectivity index (χ0) is 30.4. The summed E-state index contributed by atoms with van der Waals surface area (Å²) in [5.74, 6) is -1.17. The highest BCUT2D eigenvalue weighted by molar-refractivity contribution is 7.89. The molecule has 1 saturated heterocycles. The van der Waals surface area contributed by atoms with Gasteiger partial charge in [0.1, 0.15) is 10.9 Å². The number of hydrogen-bond acceptors (Lipinski definition) is 8. The second-order valence-corrected chi connectivity index (χ2v) is 13.5. The van der Waals surface area contributed by atoms with E-state index in [2.05, 4.69) is 31.1 Å². The standard InChI is InChI=1S/C30H38N4O6S2/c1-5-6-21-9-13-24(14-10-21)42(38,39)34-16-15-33(30-32-25(19-40-4)27(41-30)29(36)37)18-26(34)28(35)31-17-22-7-11-23(12-8-22)20(2)3/h7-14,20,26H,5-6,15-19H2,1-4H3,(H,31,35)(H,36,37). The van der Waals surface area contributed by atoms with Gasteiger partial charge in [-0.2, -0.15) is 4.31 Å². The van der Waals surface area contributed by atoms with Crippen LogP contribution in [0, 0.1) is 0 Å². The van der Waals surface area contributed by atoms with E-state index in [1.165, 1.54) is 17.0 Å². The normalized spacial score (nSPS) is 16.1. The number of aromatic carboxylic acids is 1. The number of anilines is 1. The summed E-state index contributed by atoms with van der Waals surface area (Å²) in [5.41, 5.74) is 3.42. The van der Waals surface area contributed by atoms with Gasteiger partial charge in [0.2, 0.25) is 15.9 Å². The van der Waals surface area contributed by atoms with E-state index < -0.39 is 27.9 Å². The van der Waals surface area contributed by atoms with Crippen molar-refractivity contribution >= 4 is 38.4 Å². The maximum Gasteiger partial charge on any atom is 0.347 e. The lowest BCUT2D eigenvalue weighted by Gasteiger charge is -2.39. The van der Waals surface area contributed by atoms with Gasteiger partial charge < -0.3 is 20.1 Å². The number of ether oxygens (including phenoxy) is 1. The molecule has 1 aromatic heterocycles. The smallest absolute Gasteiger partial charge is 0.347 e. The number of nitrogens with one attached hydrogen (secondary N) is 1. The number of sulfonamides is 1. The number of thiazole rings is 1. The first-order chi connectivity index (χ1) is 20.0. The second-order valence-electron chi connectivity index (χ2n) is 10.6. The van der Waals surface area contributed by atoms with Crippen LogP contribution in [0.5, 0.6) is 0 Å². The molecule has 0 spiro atoms. The molecule has 4 rings (SSSR count). The van der Waals surface area contributed by atoms with Gasteiger partial charge in [-0.3, -0.25) is 4.79 Å². The molecular formula is C30H38N4O6S2. The highest BCUT2D eigenvalue weighted by atomic mass is 32.2. The molecule has 0 radical (unpaired) electrons. The Morgan fingerprint density at radius 3 is 2.36 bits per heavy atom. The first kappa shape index (κ1) is 31.6. The Morgan fingerprint density at radius 2 is 1.76 bits per heavy atom.